The molecule has 0 saturated heterocycles. The van der Waals surface area contributed by atoms with Crippen molar-refractivity contribution in [2.45, 2.75) is 45.8 Å². The molecule has 0 saturated carbocycles. The number of hydrogen-bond acceptors (Lipinski definition) is 2. The highest BCUT2D eigenvalue weighted by Crippen LogP contribution is 2.20. The highest BCUT2D eigenvalue weighted by Gasteiger charge is 2.19. The minimum Gasteiger partial charge on any atom is -0.387 e. The Morgan fingerprint density at radius 3 is 2.24 bits per heavy atom. The maximum Gasteiger partial charge on any atom is 0.0942 e. The zero-order chi connectivity index (χ0) is 12.8. The van der Waals surface area contributed by atoms with E-state index in [-0.39, 0.29) is 6.04 Å². The van der Waals surface area contributed by atoms with E-state index in [1.54, 1.807) is 0 Å². The summed E-state index contributed by atoms with van der Waals surface area (Å²) in [6, 6.07) is 8.44. The van der Waals surface area contributed by atoms with Gasteiger partial charge in [-0.2, -0.15) is 0 Å². The molecule has 2 atom stereocenters. The van der Waals surface area contributed by atoms with Gasteiger partial charge >= 0.3 is 0 Å². The third kappa shape index (κ3) is 3.83. The number of likely N-dealkylation sites (N-methyl/N-ethyl adjacent to an activating group) is 1. The van der Waals surface area contributed by atoms with Crippen molar-refractivity contribution in [1.29, 1.82) is 0 Å². The minimum absolute atomic E-state index is 0.155. The summed E-state index contributed by atoms with van der Waals surface area (Å²) < 4.78 is 0. The Hall–Kier alpha value is -0.860. The zero-order valence-corrected chi connectivity index (χ0v) is 11.5. The van der Waals surface area contributed by atoms with E-state index in [0.717, 1.165) is 24.9 Å². The van der Waals surface area contributed by atoms with Crippen LogP contribution in [0.4, 0.5) is 0 Å². The van der Waals surface area contributed by atoms with E-state index >= 15 is 0 Å². The molecule has 0 radical (unpaired) electrons. The van der Waals surface area contributed by atoms with Crippen LogP contribution in [0, 0.1) is 0 Å². The molecule has 0 fully saturated rings. The van der Waals surface area contributed by atoms with Gasteiger partial charge in [-0.15, -0.1) is 0 Å². The summed E-state index contributed by atoms with van der Waals surface area (Å²) in [5.74, 6) is 0. The maximum atomic E-state index is 10.3. The first-order chi connectivity index (χ1) is 8.10. The second-order valence-electron chi connectivity index (χ2n) is 4.76. The molecule has 0 spiro atoms. The third-order valence-electron chi connectivity index (χ3n) is 3.46. The van der Waals surface area contributed by atoms with Gasteiger partial charge in [0.25, 0.3) is 0 Å². The van der Waals surface area contributed by atoms with Gasteiger partial charge in [-0.1, -0.05) is 38.1 Å². The molecule has 2 unspecified atom stereocenters. The molecule has 0 aliphatic rings. The van der Waals surface area contributed by atoms with E-state index in [1.807, 2.05) is 12.1 Å². The Morgan fingerprint density at radius 2 is 1.76 bits per heavy atom. The molecule has 0 amide bonds. The average molecular weight is 235 g/mol. The molecule has 0 aromatic heterocycles. The van der Waals surface area contributed by atoms with Crippen LogP contribution in [-0.4, -0.2) is 29.6 Å². The van der Waals surface area contributed by atoms with Crippen molar-refractivity contribution >= 4 is 0 Å². The smallest absolute Gasteiger partial charge is 0.0942 e. The Kier molecular flexibility index (Phi) is 5.66. The lowest BCUT2D eigenvalue weighted by Gasteiger charge is -2.28. The van der Waals surface area contributed by atoms with Crippen molar-refractivity contribution in [1.82, 2.24) is 4.90 Å². The van der Waals surface area contributed by atoms with Gasteiger partial charge in [0.1, 0.15) is 0 Å². The predicted octanol–water partition coefficient (Wildman–Crippen LogP) is 3.01. The van der Waals surface area contributed by atoms with Crippen LogP contribution in [0.3, 0.4) is 0 Å². The van der Waals surface area contributed by atoms with Crippen LogP contribution in [0.25, 0.3) is 0 Å². The van der Waals surface area contributed by atoms with Crippen molar-refractivity contribution in [2.24, 2.45) is 0 Å². The van der Waals surface area contributed by atoms with E-state index in [9.17, 15) is 5.11 Å². The number of rotatable bonds is 6. The van der Waals surface area contributed by atoms with Crippen molar-refractivity contribution in [3.05, 3.63) is 35.4 Å². The van der Waals surface area contributed by atoms with Crippen molar-refractivity contribution < 1.29 is 5.11 Å². The first kappa shape index (κ1) is 14.2. The van der Waals surface area contributed by atoms with E-state index in [4.69, 9.17) is 0 Å². The SMILES string of the molecule is CCCN(C)C(C)C(O)c1ccc(CC)cc1. The topological polar surface area (TPSA) is 23.5 Å². The molecule has 1 aromatic carbocycles. The number of benzene rings is 1. The molecule has 2 heteroatoms. The highest BCUT2D eigenvalue weighted by molar-refractivity contribution is 5.24. The normalized spacial score (nSPS) is 14.9. The quantitative estimate of drug-likeness (QED) is 0.819. The molecule has 0 bridgehead atoms. The molecule has 1 aromatic rings. The lowest BCUT2D eigenvalue weighted by Crippen LogP contribution is -2.34. The van der Waals surface area contributed by atoms with Crippen LogP contribution in [0.2, 0.25) is 0 Å². The Labute approximate surface area is 105 Å². The number of nitrogens with zero attached hydrogens (tertiary/aromatic N) is 1. The fraction of sp³-hybridized carbons (Fsp3) is 0.600. The molecule has 0 heterocycles. The van der Waals surface area contributed by atoms with E-state index in [2.05, 4.69) is 44.9 Å². The minimum atomic E-state index is -0.405. The van der Waals surface area contributed by atoms with E-state index < -0.39 is 6.10 Å². The van der Waals surface area contributed by atoms with Gasteiger partial charge in [-0.05, 0) is 44.5 Å². The summed E-state index contributed by atoms with van der Waals surface area (Å²) in [5, 5.41) is 10.3. The van der Waals surface area contributed by atoms with Gasteiger partial charge in [-0.3, -0.25) is 0 Å². The molecule has 2 nitrogen and oxygen atoms in total. The first-order valence-corrected chi connectivity index (χ1v) is 6.57. The number of aliphatic hydroxyl groups excluding tert-OH is 1. The van der Waals surface area contributed by atoms with Crippen LogP contribution in [-0.2, 0) is 6.42 Å². The first-order valence-electron chi connectivity index (χ1n) is 6.57. The maximum absolute atomic E-state index is 10.3. The molecule has 0 aliphatic carbocycles. The Morgan fingerprint density at radius 1 is 1.18 bits per heavy atom. The van der Waals surface area contributed by atoms with Crippen LogP contribution in [0.15, 0.2) is 24.3 Å². The Bertz CT molecular complexity index is 320. The monoisotopic (exact) mass is 235 g/mol. The second kappa shape index (κ2) is 6.77. The van der Waals surface area contributed by atoms with Crippen LogP contribution in [0.1, 0.15) is 44.4 Å². The van der Waals surface area contributed by atoms with Crippen molar-refractivity contribution in [2.75, 3.05) is 13.6 Å². The van der Waals surface area contributed by atoms with E-state index in [1.165, 1.54) is 5.56 Å². The summed E-state index contributed by atoms with van der Waals surface area (Å²) in [4.78, 5) is 2.21. The molecular formula is C15H25NO. The van der Waals surface area contributed by atoms with Crippen LogP contribution < -0.4 is 0 Å². The van der Waals surface area contributed by atoms with Crippen LogP contribution >= 0.6 is 0 Å². The summed E-state index contributed by atoms with van der Waals surface area (Å²) in [5.41, 5.74) is 2.33. The molecule has 17 heavy (non-hydrogen) atoms. The van der Waals surface area contributed by atoms with E-state index in [0.29, 0.717) is 0 Å². The number of hydrogen-bond donors (Lipinski definition) is 1. The fourth-order valence-electron chi connectivity index (χ4n) is 2.03. The second-order valence-corrected chi connectivity index (χ2v) is 4.76. The molecule has 1 N–H and O–H groups in total. The lowest BCUT2D eigenvalue weighted by atomic mass is 10.0. The molecular weight excluding hydrogens is 210 g/mol. The van der Waals surface area contributed by atoms with Gasteiger partial charge < -0.3 is 10.0 Å². The van der Waals surface area contributed by atoms with Gasteiger partial charge in [0.15, 0.2) is 0 Å². The molecule has 1 rings (SSSR count). The summed E-state index contributed by atoms with van der Waals surface area (Å²) in [6.07, 6.45) is 1.75. The number of aryl methyl sites for hydroxylation is 1. The predicted molar refractivity (Wildman–Crippen MR) is 73.2 cm³/mol. The standard InChI is InChI=1S/C15H25NO/c1-5-11-16(4)12(3)15(17)14-9-7-13(6-2)8-10-14/h7-10,12,15,17H,5-6,11H2,1-4H3. The largest absolute Gasteiger partial charge is 0.387 e. The van der Waals surface area contributed by atoms with Gasteiger partial charge in [-0.25, -0.2) is 0 Å². The molecule has 0 aliphatic heterocycles. The fourth-order valence-corrected chi connectivity index (χ4v) is 2.03. The Balaban J connectivity index is 2.70. The number of aliphatic hydroxyl groups is 1. The lowest BCUT2D eigenvalue weighted by molar-refractivity contribution is 0.0727. The van der Waals surface area contributed by atoms with Crippen LogP contribution in [0.5, 0.6) is 0 Å². The highest BCUT2D eigenvalue weighted by atomic mass is 16.3. The summed E-state index contributed by atoms with van der Waals surface area (Å²) in [6.45, 7) is 7.40. The van der Waals surface area contributed by atoms with Crippen molar-refractivity contribution in [3.63, 3.8) is 0 Å². The van der Waals surface area contributed by atoms with Gasteiger partial charge in [0.05, 0.1) is 6.10 Å². The summed E-state index contributed by atoms with van der Waals surface area (Å²) >= 11 is 0. The zero-order valence-electron chi connectivity index (χ0n) is 11.5. The molecule has 96 valence electrons. The van der Waals surface area contributed by atoms with Gasteiger partial charge in [0, 0.05) is 6.04 Å². The average Bonchev–Trinajstić information content (AvgIpc) is 2.37. The third-order valence-corrected chi connectivity index (χ3v) is 3.46. The van der Waals surface area contributed by atoms with Crippen molar-refractivity contribution in [3.8, 4) is 0 Å². The summed E-state index contributed by atoms with van der Waals surface area (Å²) in [7, 11) is 2.07. The van der Waals surface area contributed by atoms with Gasteiger partial charge in [0.2, 0.25) is 0 Å².